The molecule has 0 radical (unpaired) electrons. The molecule has 4 heteroatoms. The van der Waals surface area contributed by atoms with Gasteiger partial charge in [0.05, 0.1) is 31.1 Å². The first kappa shape index (κ1) is 16.7. The van der Waals surface area contributed by atoms with E-state index in [9.17, 15) is 0 Å². The Morgan fingerprint density at radius 1 is 1.30 bits per heavy atom. The van der Waals surface area contributed by atoms with Gasteiger partial charge in [-0.25, -0.2) is 0 Å². The van der Waals surface area contributed by atoms with Gasteiger partial charge in [-0.15, -0.1) is 11.6 Å². The molecule has 1 aromatic carbocycles. The average molecular weight is 296 g/mol. The third kappa shape index (κ3) is 5.30. The van der Waals surface area contributed by atoms with Crippen LogP contribution in [0.3, 0.4) is 0 Å². The van der Waals surface area contributed by atoms with Crippen molar-refractivity contribution in [1.29, 1.82) is 5.26 Å². The third-order valence-corrected chi connectivity index (χ3v) is 3.46. The summed E-state index contributed by atoms with van der Waals surface area (Å²) in [4.78, 5) is 0. The predicted octanol–water partition coefficient (Wildman–Crippen LogP) is 4.53. The lowest BCUT2D eigenvalue weighted by Gasteiger charge is -2.15. The van der Waals surface area contributed by atoms with Gasteiger partial charge >= 0.3 is 0 Å². The second-order valence-electron chi connectivity index (χ2n) is 5.41. The van der Waals surface area contributed by atoms with Gasteiger partial charge in [0, 0.05) is 11.6 Å². The summed E-state index contributed by atoms with van der Waals surface area (Å²) in [6, 6.07) is 7.96. The van der Waals surface area contributed by atoms with Crippen LogP contribution in [0.1, 0.15) is 38.7 Å². The van der Waals surface area contributed by atoms with Crippen molar-refractivity contribution in [2.24, 2.45) is 5.41 Å². The van der Waals surface area contributed by atoms with Crippen LogP contribution in [0, 0.1) is 16.7 Å². The molecule has 1 aromatic rings. The van der Waals surface area contributed by atoms with Crippen molar-refractivity contribution in [3.8, 4) is 17.6 Å². The molecule has 0 saturated carbocycles. The zero-order valence-corrected chi connectivity index (χ0v) is 13.2. The molecule has 0 unspecified atom stereocenters. The first-order chi connectivity index (χ1) is 9.52. The van der Waals surface area contributed by atoms with Gasteiger partial charge in [-0.2, -0.15) is 5.26 Å². The molecule has 1 rings (SSSR count). The Kier molecular flexibility index (Phi) is 6.67. The van der Waals surface area contributed by atoms with E-state index in [-0.39, 0.29) is 5.41 Å². The predicted molar refractivity (Wildman–Crippen MR) is 81.3 cm³/mol. The lowest BCUT2D eigenvalue weighted by molar-refractivity contribution is 0.291. The van der Waals surface area contributed by atoms with E-state index in [1.54, 1.807) is 7.11 Å². The van der Waals surface area contributed by atoms with E-state index in [1.165, 1.54) is 0 Å². The van der Waals surface area contributed by atoms with Crippen LogP contribution in [-0.4, -0.2) is 13.7 Å². The van der Waals surface area contributed by atoms with Crippen LogP contribution in [0.25, 0.3) is 0 Å². The molecule has 0 aliphatic heterocycles. The fourth-order valence-corrected chi connectivity index (χ4v) is 2.03. The summed E-state index contributed by atoms with van der Waals surface area (Å²) in [6.45, 7) is 4.54. The number of alkyl halides is 1. The number of methoxy groups -OCH3 is 1. The Hall–Kier alpha value is -1.40. The molecule has 0 aliphatic carbocycles. The van der Waals surface area contributed by atoms with Gasteiger partial charge in [-0.3, -0.25) is 0 Å². The Morgan fingerprint density at radius 3 is 2.65 bits per heavy atom. The molecule has 0 aromatic heterocycles. The van der Waals surface area contributed by atoms with Crippen LogP contribution < -0.4 is 9.47 Å². The SMILES string of the molecule is COc1ccc(CCl)c(OCCCCC(C)(C)C#N)c1. The summed E-state index contributed by atoms with van der Waals surface area (Å²) in [7, 11) is 1.63. The van der Waals surface area contributed by atoms with Crippen molar-refractivity contribution in [3.05, 3.63) is 23.8 Å². The number of hydrogen-bond acceptors (Lipinski definition) is 3. The highest BCUT2D eigenvalue weighted by Gasteiger charge is 2.15. The first-order valence-electron chi connectivity index (χ1n) is 6.79. The van der Waals surface area contributed by atoms with Gasteiger partial charge in [0.2, 0.25) is 0 Å². The van der Waals surface area contributed by atoms with Crippen molar-refractivity contribution >= 4 is 11.6 Å². The molecule has 0 aliphatic rings. The van der Waals surface area contributed by atoms with Crippen molar-refractivity contribution in [3.63, 3.8) is 0 Å². The maximum Gasteiger partial charge on any atom is 0.127 e. The summed E-state index contributed by atoms with van der Waals surface area (Å²) in [5, 5.41) is 8.94. The standard InChI is InChI=1S/C16H22ClNO2/c1-16(2,12-18)8-4-5-9-20-15-10-14(19-3)7-6-13(15)11-17/h6-7,10H,4-5,8-9,11H2,1-3H3. The second-order valence-corrected chi connectivity index (χ2v) is 5.68. The van der Waals surface area contributed by atoms with Gasteiger partial charge < -0.3 is 9.47 Å². The highest BCUT2D eigenvalue weighted by molar-refractivity contribution is 6.17. The topological polar surface area (TPSA) is 42.2 Å². The Labute approximate surface area is 126 Å². The van der Waals surface area contributed by atoms with Crippen molar-refractivity contribution in [2.45, 2.75) is 39.0 Å². The van der Waals surface area contributed by atoms with Crippen molar-refractivity contribution in [1.82, 2.24) is 0 Å². The summed E-state index contributed by atoms with van der Waals surface area (Å²) in [6.07, 6.45) is 2.78. The molecular formula is C16H22ClNO2. The lowest BCUT2D eigenvalue weighted by atomic mass is 9.89. The molecule has 0 bridgehead atoms. The molecule has 0 amide bonds. The Bertz CT molecular complexity index is 466. The van der Waals surface area contributed by atoms with Gasteiger partial charge in [-0.1, -0.05) is 6.07 Å². The van der Waals surface area contributed by atoms with Crippen LogP contribution in [-0.2, 0) is 5.88 Å². The fraction of sp³-hybridized carbons (Fsp3) is 0.562. The number of rotatable bonds is 8. The first-order valence-corrected chi connectivity index (χ1v) is 7.33. The van der Waals surface area contributed by atoms with E-state index in [1.807, 2.05) is 32.0 Å². The monoisotopic (exact) mass is 295 g/mol. The summed E-state index contributed by atoms with van der Waals surface area (Å²) >= 11 is 5.89. The zero-order valence-electron chi connectivity index (χ0n) is 12.4. The minimum atomic E-state index is -0.253. The molecule has 0 fully saturated rings. The maximum atomic E-state index is 8.94. The number of nitriles is 1. The average Bonchev–Trinajstić information content (AvgIpc) is 2.46. The van der Waals surface area contributed by atoms with E-state index < -0.39 is 0 Å². The van der Waals surface area contributed by atoms with Crippen LogP contribution in [0.5, 0.6) is 11.5 Å². The Balaban J connectivity index is 2.44. The summed E-state index contributed by atoms with van der Waals surface area (Å²) in [5.41, 5.74) is 0.710. The van der Waals surface area contributed by atoms with E-state index in [0.717, 1.165) is 36.3 Å². The van der Waals surface area contributed by atoms with Crippen molar-refractivity contribution < 1.29 is 9.47 Å². The molecule has 3 nitrogen and oxygen atoms in total. The summed E-state index contributed by atoms with van der Waals surface area (Å²) < 4.78 is 11.0. The van der Waals surface area contributed by atoms with Gasteiger partial charge in [0.1, 0.15) is 11.5 Å². The zero-order chi connectivity index (χ0) is 15.0. The second kappa shape index (κ2) is 8.01. The van der Waals surface area contributed by atoms with Crippen LogP contribution in [0.15, 0.2) is 18.2 Å². The number of nitrogens with zero attached hydrogens (tertiary/aromatic N) is 1. The number of halogens is 1. The molecule has 110 valence electrons. The van der Waals surface area contributed by atoms with Gasteiger partial charge in [-0.05, 0) is 39.2 Å². The Morgan fingerprint density at radius 2 is 2.05 bits per heavy atom. The number of hydrogen-bond donors (Lipinski definition) is 0. The highest BCUT2D eigenvalue weighted by atomic mass is 35.5. The number of ether oxygens (including phenoxy) is 2. The number of unbranched alkanes of at least 4 members (excludes halogenated alkanes) is 1. The third-order valence-electron chi connectivity index (χ3n) is 3.17. The molecule has 0 N–H and O–H groups in total. The molecule has 20 heavy (non-hydrogen) atoms. The van der Waals surface area contributed by atoms with Crippen LogP contribution in [0.4, 0.5) is 0 Å². The molecule has 0 atom stereocenters. The minimum Gasteiger partial charge on any atom is -0.497 e. The van der Waals surface area contributed by atoms with Crippen LogP contribution in [0.2, 0.25) is 0 Å². The molecule has 0 spiro atoms. The van der Waals surface area contributed by atoms with E-state index in [4.69, 9.17) is 26.3 Å². The van der Waals surface area contributed by atoms with Gasteiger partial charge in [0.15, 0.2) is 0 Å². The normalized spacial score (nSPS) is 10.9. The van der Waals surface area contributed by atoms with E-state index in [0.29, 0.717) is 12.5 Å². The van der Waals surface area contributed by atoms with Crippen LogP contribution >= 0.6 is 11.6 Å². The molecule has 0 saturated heterocycles. The maximum absolute atomic E-state index is 8.94. The fourth-order valence-electron chi connectivity index (χ4n) is 1.81. The van der Waals surface area contributed by atoms with E-state index in [2.05, 4.69) is 6.07 Å². The largest absolute Gasteiger partial charge is 0.497 e. The van der Waals surface area contributed by atoms with Gasteiger partial charge in [0.25, 0.3) is 0 Å². The van der Waals surface area contributed by atoms with Crippen molar-refractivity contribution in [2.75, 3.05) is 13.7 Å². The molecule has 0 heterocycles. The van der Waals surface area contributed by atoms with E-state index >= 15 is 0 Å². The lowest BCUT2D eigenvalue weighted by Crippen LogP contribution is -2.08. The molecular weight excluding hydrogens is 274 g/mol. The minimum absolute atomic E-state index is 0.253. The summed E-state index contributed by atoms with van der Waals surface area (Å²) in [5.74, 6) is 1.96. The smallest absolute Gasteiger partial charge is 0.127 e. The number of benzene rings is 1. The highest BCUT2D eigenvalue weighted by Crippen LogP contribution is 2.27. The quantitative estimate of drug-likeness (QED) is 0.522.